The SMILES string of the molecule is COCCOCCn1cc(C(CC(c2ccc(S(C)(=O)=O)cc2)c2ccc(Cl)cc2C)N=O)ccc1=O. The Balaban J connectivity index is 1.94. The minimum absolute atomic E-state index is 0.204. The van der Waals surface area contributed by atoms with Crippen molar-refractivity contribution in [2.75, 3.05) is 33.2 Å². The maximum absolute atomic E-state index is 12.4. The van der Waals surface area contributed by atoms with Gasteiger partial charge in [-0.15, -0.1) is 0 Å². The average molecular weight is 547 g/mol. The molecule has 0 radical (unpaired) electrons. The molecule has 37 heavy (non-hydrogen) atoms. The normalized spacial score (nSPS) is 13.3. The second-order valence-corrected chi connectivity index (χ2v) is 11.3. The number of ether oxygens (including phenoxy) is 2. The smallest absolute Gasteiger partial charge is 0.250 e. The van der Waals surface area contributed by atoms with Gasteiger partial charge in [0.25, 0.3) is 5.56 Å². The third-order valence-electron chi connectivity index (χ3n) is 6.20. The number of methoxy groups -OCH3 is 1. The van der Waals surface area contributed by atoms with E-state index in [2.05, 4.69) is 5.18 Å². The number of nitrogens with zero attached hydrogens (tertiary/aromatic N) is 2. The van der Waals surface area contributed by atoms with Crippen molar-refractivity contribution in [3.8, 4) is 0 Å². The van der Waals surface area contributed by atoms with Crippen LogP contribution < -0.4 is 5.56 Å². The first kappa shape index (κ1) is 28.7. The summed E-state index contributed by atoms with van der Waals surface area (Å²) in [6.07, 6.45) is 3.12. The molecule has 3 aromatic rings. The largest absolute Gasteiger partial charge is 0.382 e. The maximum atomic E-state index is 12.4. The lowest BCUT2D eigenvalue weighted by atomic mass is 9.83. The molecule has 0 N–H and O–H groups in total. The van der Waals surface area contributed by atoms with Crippen LogP contribution in [0.2, 0.25) is 5.02 Å². The van der Waals surface area contributed by atoms with Crippen molar-refractivity contribution in [2.45, 2.75) is 36.7 Å². The van der Waals surface area contributed by atoms with E-state index in [1.54, 1.807) is 49.7 Å². The van der Waals surface area contributed by atoms with Gasteiger partial charge in [0.1, 0.15) is 6.04 Å². The standard InChI is InChI=1S/C27H31ClN2O6S/c1-19-16-22(28)7-10-24(19)25(20-4-8-23(9-5-20)37(3,33)34)17-26(29-32)21-6-11-27(31)30(18-21)12-13-36-15-14-35-2/h4-11,16,18,25-26H,12-15,17H2,1-3H3. The predicted molar refractivity (Wildman–Crippen MR) is 144 cm³/mol. The molecule has 0 amide bonds. The molecule has 0 bridgehead atoms. The Kier molecular flexibility index (Phi) is 10.2. The van der Waals surface area contributed by atoms with Crippen molar-refractivity contribution in [3.63, 3.8) is 0 Å². The lowest BCUT2D eigenvalue weighted by molar-refractivity contribution is 0.0662. The van der Waals surface area contributed by atoms with E-state index in [1.807, 2.05) is 19.1 Å². The first-order chi connectivity index (χ1) is 17.6. The number of rotatable bonds is 13. The summed E-state index contributed by atoms with van der Waals surface area (Å²) in [5, 5.41) is 4.00. The van der Waals surface area contributed by atoms with Crippen molar-refractivity contribution in [3.05, 3.63) is 103 Å². The maximum Gasteiger partial charge on any atom is 0.250 e. The van der Waals surface area contributed by atoms with Gasteiger partial charge in [-0.05, 0) is 65.9 Å². The van der Waals surface area contributed by atoms with Crippen LogP contribution in [0.4, 0.5) is 0 Å². The molecular weight excluding hydrogens is 516 g/mol. The monoisotopic (exact) mass is 546 g/mol. The van der Waals surface area contributed by atoms with E-state index in [4.69, 9.17) is 21.1 Å². The van der Waals surface area contributed by atoms with Gasteiger partial charge in [0.2, 0.25) is 0 Å². The summed E-state index contributed by atoms with van der Waals surface area (Å²) in [6.45, 7) is 3.47. The third kappa shape index (κ3) is 7.82. The van der Waals surface area contributed by atoms with Crippen LogP contribution in [-0.2, 0) is 25.9 Å². The van der Waals surface area contributed by atoms with Gasteiger partial charge in [-0.2, -0.15) is 4.91 Å². The number of pyridine rings is 1. The van der Waals surface area contributed by atoms with Crippen LogP contribution in [0.15, 0.2) is 75.7 Å². The van der Waals surface area contributed by atoms with Gasteiger partial charge in [0.05, 0.1) is 24.7 Å². The number of benzene rings is 2. The minimum atomic E-state index is -3.35. The van der Waals surface area contributed by atoms with E-state index in [0.29, 0.717) is 43.4 Å². The molecule has 3 rings (SSSR count). The molecule has 0 aliphatic rings. The molecule has 198 valence electrons. The molecule has 2 atom stereocenters. The Labute approximate surface area is 222 Å². The average Bonchev–Trinajstić information content (AvgIpc) is 2.86. The Morgan fingerprint density at radius 2 is 1.70 bits per heavy atom. The Bertz CT molecular complexity index is 1370. The number of hydrogen-bond acceptors (Lipinski definition) is 7. The molecule has 2 unspecified atom stereocenters. The zero-order valence-electron chi connectivity index (χ0n) is 21.1. The van der Waals surface area contributed by atoms with Gasteiger partial charge in [-0.1, -0.05) is 35.0 Å². The van der Waals surface area contributed by atoms with E-state index >= 15 is 0 Å². The van der Waals surface area contributed by atoms with Crippen LogP contribution in [0.25, 0.3) is 0 Å². The molecule has 0 saturated carbocycles. The van der Waals surface area contributed by atoms with Crippen LogP contribution in [-0.4, -0.2) is 46.2 Å². The molecular formula is C27H31ClN2O6S. The van der Waals surface area contributed by atoms with Gasteiger partial charge in [0, 0.05) is 43.1 Å². The van der Waals surface area contributed by atoms with Crippen LogP contribution in [0.5, 0.6) is 0 Å². The van der Waals surface area contributed by atoms with Crippen molar-refractivity contribution in [1.29, 1.82) is 0 Å². The first-order valence-corrected chi connectivity index (χ1v) is 14.1. The van der Waals surface area contributed by atoms with Crippen molar-refractivity contribution in [2.24, 2.45) is 5.18 Å². The molecule has 0 fully saturated rings. The molecule has 1 heterocycles. The third-order valence-corrected chi connectivity index (χ3v) is 7.57. The van der Waals surface area contributed by atoms with E-state index in [0.717, 1.165) is 22.9 Å². The van der Waals surface area contributed by atoms with Crippen molar-refractivity contribution in [1.82, 2.24) is 4.57 Å². The fraction of sp³-hybridized carbons (Fsp3) is 0.370. The fourth-order valence-corrected chi connectivity index (χ4v) is 5.07. The minimum Gasteiger partial charge on any atom is -0.382 e. The highest BCUT2D eigenvalue weighted by molar-refractivity contribution is 7.90. The molecule has 0 saturated heterocycles. The number of nitroso groups, excluding NO2 is 1. The van der Waals surface area contributed by atoms with E-state index in [9.17, 15) is 18.1 Å². The van der Waals surface area contributed by atoms with Crippen molar-refractivity contribution >= 4 is 21.4 Å². The molecule has 0 aliphatic carbocycles. The lowest BCUT2D eigenvalue weighted by Gasteiger charge is -2.23. The number of hydrogen-bond donors (Lipinski definition) is 0. The summed E-state index contributed by atoms with van der Waals surface area (Å²) in [7, 11) is -1.77. The highest BCUT2D eigenvalue weighted by atomic mass is 35.5. The summed E-state index contributed by atoms with van der Waals surface area (Å²) in [4.78, 5) is 24.7. The molecule has 2 aromatic carbocycles. The zero-order valence-corrected chi connectivity index (χ0v) is 22.7. The highest BCUT2D eigenvalue weighted by Gasteiger charge is 2.24. The van der Waals surface area contributed by atoms with Crippen LogP contribution in [0.1, 0.15) is 40.6 Å². The fourth-order valence-electron chi connectivity index (χ4n) is 4.21. The van der Waals surface area contributed by atoms with Crippen LogP contribution in [0.3, 0.4) is 0 Å². The molecule has 0 aliphatic heterocycles. The number of aryl methyl sites for hydroxylation is 1. The predicted octanol–water partition coefficient (Wildman–Crippen LogP) is 4.91. The van der Waals surface area contributed by atoms with Gasteiger partial charge in [-0.3, -0.25) is 4.79 Å². The molecule has 8 nitrogen and oxygen atoms in total. The topological polar surface area (TPSA) is 104 Å². The Hall–Kier alpha value is -2.85. The van der Waals surface area contributed by atoms with Crippen molar-refractivity contribution < 1.29 is 17.9 Å². The van der Waals surface area contributed by atoms with Gasteiger partial charge >= 0.3 is 0 Å². The van der Waals surface area contributed by atoms with E-state index in [1.165, 1.54) is 10.6 Å². The Morgan fingerprint density at radius 3 is 2.32 bits per heavy atom. The molecule has 1 aromatic heterocycles. The summed E-state index contributed by atoms with van der Waals surface area (Å²) in [6, 6.07) is 14.5. The second-order valence-electron chi connectivity index (χ2n) is 8.85. The molecule has 0 spiro atoms. The number of aromatic nitrogens is 1. The quantitative estimate of drug-likeness (QED) is 0.223. The summed E-state index contributed by atoms with van der Waals surface area (Å²) >= 11 is 6.18. The molecule has 10 heteroatoms. The van der Waals surface area contributed by atoms with Gasteiger partial charge in [0.15, 0.2) is 9.84 Å². The number of sulfone groups is 1. The van der Waals surface area contributed by atoms with Crippen LogP contribution in [0, 0.1) is 11.8 Å². The number of halogens is 1. The summed E-state index contributed by atoms with van der Waals surface area (Å²) in [5.41, 5.74) is 3.13. The van der Waals surface area contributed by atoms with Crippen LogP contribution >= 0.6 is 11.6 Å². The second kappa shape index (κ2) is 13.1. The van der Waals surface area contributed by atoms with Gasteiger partial charge in [-0.25, -0.2) is 8.42 Å². The zero-order chi connectivity index (χ0) is 27.0. The van der Waals surface area contributed by atoms with E-state index in [-0.39, 0.29) is 16.4 Å². The summed E-state index contributed by atoms with van der Waals surface area (Å²) < 4.78 is 35.8. The highest BCUT2D eigenvalue weighted by Crippen LogP contribution is 2.38. The first-order valence-electron chi connectivity index (χ1n) is 11.8. The van der Waals surface area contributed by atoms with E-state index < -0.39 is 15.9 Å². The Morgan fingerprint density at radius 1 is 1.00 bits per heavy atom. The lowest BCUT2D eigenvalue weighted by Crippen LogP contribution is -2.22. The van der Waals surface area contributed by atoms with Gasteiger partial charge < -0.3 is 14.0 Å². The summed E-state index contributed by atoms with van der Waals surface area (Å²) in [5.74, 6) is -0.272.